The van der Waals surface area contributed by atoms with Gasteiger partial charge in [-0.3, -0.25) is 9.59 Å². The van der Waals surface area contributed by atoms with Gasteiger partial charge in [0.25, 0.3) is 11.5 Å². The van der Waals surface area contributed by atoms with Gasteiger partial charge in [0.2, 0.25) is 0 Å². The smallest absolute Gasteiger partial charge is 0.263 e. The maximum absolute atomic E-state index is 12.8. The lowest BCUT2D eigenvalue weighted by atomic mass is 10.1. The van der Waals surface area contributed by atoms with Gasteiger partial charge in [-0.15, -0.1) is 0 Å². The molecule has 0 unspecified atom stereocenters. The van der Waals surface area contributed by atoms with Crippen LogP contribution in [0.4, 0.5) is 0 Å². The fraction of sp³-hybridized carbons (Fsp3) is 0.647. The zero-order chi connectivity index (χ0) is 16.3. The number of nitrogens with one attached hydrogen (secondary N) is 1. The molecule has 1 saturated heterocycles. The zero-order valence-electron chi connectivity index (χ0n) is 14.1. The molecule has 1 aliphatic heterocycles. The van der Waals surface area contributed by atoms with Gasteiger partial charge in [0.15, 0.2) is 0 Å². The van der Waals surface area contributed by atoms with Crippen LogP contribution in [-0.4, -0.2) is 41.6 Å². The molecule has 1 N–H and O–H groups in total. The van der Waals surface area contributed by atoms with Gasteiger partial charge in [-0.25, -0.2) is 0 Å². The molecule has 22 heavy (non-hydrogen) atoms. The molecule has 2 heterocycles. The van der Waals surface area contributed by atoms with Gasteiger partial charge in [0, 0.05) is 38.4 Å². The van der Waals surface area contributed by atoms with Gasteiger partial charge >= 0.3 is 0 Å². The van der Waals surface area contributed by atoms with E-state index in [2.05, 4.69) is 19.2 Å². The van der Waals surface area contributed by atoms with E-state index >= 15 is 0 Å². The van der Waals surface area contributed by atoms with Crippen molar-refractivity contribution in [2.45, 2.75) is 40.7 Å². The summed E-state index contributed by atoms with van der Waals surface area (Å²) >= 11 is 0. The van der Waals surface area contributed by atoms with Crippen molar-refractivity contribution in [3.63, 3.8) is 0 Å². The first-order valence-corrected chi connectivity index (χ1v) is 8.13. The van der Waals surface area contributed by atoms with Crippen molar-refractivity contribution in [3.05, 3.63) is 33.2 Å². The Labute approximate surface area is 132 Å². The standard InChI is InChI=1S/C17H27N3O2/c1-12(2)5-8-20-14(4)11-13(3)15(17(20)22)16(21)19-9-6-18-7-10-19/h11-12,18H,5-10H2,1-4H3. The van der Waals surface area contributed by atoms with Crippen molar-refractivity contribution in [1.82, 2.24) is 14.8 Å². The number of amides is 1. The normalized spacial score (nSPS) is 15.4. The van der Waals surface area contributed by atoms with E-state index in [1.165, 1.54) is 0 Å². The van der Waals surface area contributed by atoms with Crippen LogP contribution >= 0.6 is 0 Å². The van der Waals surface area contributed by atoms with Crippen LogP contribution in [0.15, 0.2) is 10.9 Å². The summed E-state index contributed by atoms with van der Waals surface area (Å²) in [5.41, 5.74) is 1.92. The lowest BCUT2D eigenvalue weighted by molar-refractivity contribution is 0.0732. The average molecular weight is 305 g/mol. The Balaban J connectivity index is 2.36. The number of hydrogen-bond acceptors (Lipinski definition) is 3. The van der Waals surface area contributed by atoms with Gasteiger partial charge in [0.05, 0.1) is 0 Å². The molecule has 122 valence electrons. The minimum absolute atomic E-state index is 0.123. The van der Waals surface area contributed by atoms with E-state index in [1.54, 1.807) is 9.47 Å². The van der Waals surface area contributed by atoms with E-state index in [9.17, 15) is 9.59 Å². The summed E-state index contributed by atoms with van der Waals surface area (Å²) in [5.74, 6) is 0.405. The van der Waals surface area contributed by atoms with Crippen LogP contribution in [0.3, 0.4) is 0 Å². The molecule has 0 aromatic carbocycles. The number of piperazine rings is 1. The molecular weight excluding hydrogens is 278 g/mol. The molecule has 0 bridgehead atoms. The van der Waals surface area contributed by atoms with E-state index in [1.807, 2.05) is 19.9 Å². The minimum atomic E-state index is -0.137. The Morgan fingerprint density at radius 3 is 2.50 bits per heavy atom. The maximum atomic E-state index is 12.8. The van der Waals surface area contributed by atoms with Crippen molar-refractivity contribution in [2.75, 3.05) is 26.2 Å². The van der Waals surface area contributed by atoms with Crippen LogP contribution in [0.5, 0.6) is 0 Å². The molecule has 0 radical (unpaired) electrons. The fourth-order valence-electron chi connectivity index (χ4n) is 2.88. The number of pyridine rings is 1. The molecule has 5 nitrogen and oxygen atoms in total. The Morgan fingerprint density at radius 1 is 1.27 bits per heavy atom. The van der Waals surface area contributed by atoms with E-state index in [4.69, 9.17) is 0 Å². The number of carbonyl (C=O) groups is 1. The van der Waals surface area contributed by atoms with E-state index < -0.39 is 0 Å². The molecule has 0 saturated carbocycles. The lowest BCUT2D eigenvalue weighted by Crippen LogP contribution is -2.48. The first kappa shape index (κ1) is 16.7. The van der Waals surface area contributed by atoms with E-state index in [-0.39, 0.29) is 11.5 Å². The first-order chi connectivity index (χ1) is 10.4. The number of aromatic nitrogens is 1. The number of nitrogens with zero attached hydrogens (tertiary/aromatic N) is 2. The third-order valence-electron chi connectivity index (χ3n) is 4.25. The largest absolute Gasteiger partial charge is 0.336 e. The highest BCUT2D eigenvalue weighted by atomic mass is 16.2. The van der Waals surface area contributed by atoms with Crippen LogP contribution in [0.25, 0.3) is 0 Å². The van der Waals surface area contributed by atoms with Crippen molar-refractivity contribution in [2.24, 2.45) is 5.92 Å². The highest BCUT2D eigenvalue weighted by molar-refractivity contribution is 5.95. The minimum Gasteiger partial charge on any atom is -0.336 e. The molecule has 0 aliphatic carbocycles. The highest BCUT2D eigenvalue weighted by Gasteiger charge is 2.24. The molecule has 0 atom stereocenters. The van der Waals surface area contributed by atoms with Crippen LogP contribution in [-0.2, 0) is 6.54 Å². The summed E-state index contributed by atoms with van der Waals surface area (Å²) in [6.07, 6.45) is 0.936. The third kappa shape index (κ3) is 3.58. The summed E-state index contributed by atoms with van der Waals surface area (Å²) < 4.78 is 1.75. The Morgan fingerprint density at radius 2 is 1.91 bits per heavy atom. The molecule has 1 aliphatic rings. The van der Waals surface area contributed by atoms with Crippen LogP contribution in [0.2, 0.25) is 0 Å². The van der Waals surface area contributed by atoms with E-state index in [0.29, 0.717) is 31.1 Å². The number of carbonyl (C=O) groups excluding carboxylic acids is 1. The van der Waals surface area contributed by atoms with Crippen LogP contribution in [0, 0.1) is 19.8 Å². The van der Waals surface area contributed by atoms with Gasteiger partial charge in [0.1, 0.15) is 5.56 Å². The Kier molecular flexibility index (Phi) is 5.40. The topological polar surface area (TPSA) is 54.3 Å². The third-order valence-corrected chi connectivity index (χ3v) is 4.25. The second-order valence-electron chi connectivity index (χ2n) is 6.53. The Hall–Kier alpha value is -1.62. The van der Waals surface area contributed by atoms with E-state index in [0.717, 1.165) is 30.8 Å². The van der Waals surface area contributed by atoms with Gasteiger partial charge in [-0.1, -0.05) is 13.8 Å². The molecule has 2 rings (SSSR count). The molecule has 1 amide bonds. The quantitative estimate of drug-likeness (QED) is 0.918. The number of rotatable bonds is 4. The fourth-order valence-corrected chi connectivity index (χ4v) is 2.88. The molecular formula is C17H27N3O2. The molecule has 1 aromatic rings. The molecule has 1 aromatic heterocycles. The SMILES string of the molecule is Cc1cc(C)n(CCC(C)C)c(=O)c1C(=O)N1CCNCC1. The Bertz CT molecular complexity index is 599. The molecule has 0 spiro atoms. The predicted octanol–water partition coefficient (Wildman–Crippen LogP) is 1.56. The molecule has 1 fully saturated rings. The summed E-state index contributed by atoms with van der Waals surface area (Å²) in [6.45, 7) is 11.7. The van der Waals surface area contributed by atoms with Gasteiger partial charge in [-0.05, 0) is 37.8 Å². The zero-order valence-corrected chi connectivity index (χ0v) is 14.1. The van der Waals surface area contributed by atoms with Crippen molar-refractivity contribution in [3.8, 4) is 0 Å². The maximum Gasteiger partial charge on any atom is 0.263 e. The molecule has 5 heteroatoms. The second kappa shape index (κ2) is 7.09. The second-order valence-corrected chi connectivity index (χ2v) is 6.53. The van der Waals surface area contributed by atoms with Crippen LogP contribution in [0.1, 0.15) is 41.9 Å². The van der Waals surface area contributed by atoms with Gasteiger partial charge in [-0.2, -0.15) is 0 Å². The lowest BCUT2D eigenvalue weighted by Gasteiger charge is -2.28. The van der Waals surface area contributed by atoms with Crippen molar-refractivity contribution < 1.29 is 4.79 Å². The predicted molar refractivity (Wildman–Crippen MR) is 88.4 cm³/mol. The summed E-state index contributed by atoms with van der Waals surface area (Å²) in [4.78, 5) is 27.3. The highest BCUT2D eigenvalue weighted by Crippen LogP contribution is 2.12. The summed E-state index contributed by atoms with van der Waals surface area (Å²) in [5, 5.41) is 3.23. The monoisotopic (exact) mass is 305 g/mol. The first-order valence-electron chi connectivity index (χ1n) is 8.13. The number of aryl methyl sites for hydroxylation is 2. The summed E-state index contributed by atoms with van der Waals surface area (Å²) in [6, 6.07) is 1.96. The van der Waals surface area contributed by atoms with Crippen molar-refractivity contribution >= 4 is 5.91 Å². The van der Waals surface area contributed by atoms with Gasteiger partial charge < -0.3 is 14.8 Å². The number of hydrogen-bond donors (Lipinski definition) is 1. The van der Waals surface area contributed by atoms with Crippen LogP contribution < -0.4 is 10.9 Å². The average Bonchev–Trinajstić information content (AvgIpc) is 2.47. The van der Waals surface area contributed by atoms with Crippen molar-refractivity contribution in [1.29, 1.82) is 0 Å². The summed E-state index contributed by atoms with van der Waals surface area (Å²) in [7, 11) is 0.